The van der Waals surface area contributed by atoms with Crippen molar-refractivity contribution in [3.63, 3.8) is 0 Å². The van der Waals surface area contributed by atoms with E-state index >= 15 is 0 Å². The van der Waals surface area contributed by atoms with Gasteiger partial charge in [-0.2, -0.15) is 5.26 Å². The normalized spacial score (nSPS) is 12.5. The van der Waals surface area contributed by atoms with E-state index in [1.54, 1.807) is 83.8 Å². The first kappa shape index (κ1) is 32.5. The molecule has 1 aliphatic rings. The quantitative estimate of drug-likeness (QED) is 0.141. The molecule has 0 bridgehead atoms. The molecule has 0 aliphatic carbocycles. The smallest absolute Gasteiger partial charge is 0.272 e. The highest BCUT2D eigenvalue weighted by Gasteiger charge is 2.26. The van der Waals surface area contributed by atoms with Crippen LogP contribution in [0.2, 0.25) is 5.02 Å². The number of hydrogen-bond acceptors (Lipinski definition) is 7. The lowest BCUT2D eigenvalue weighted by Gasteiger charge is -2.25. The van der Waals surface area contributed by atoms with Crippen molar-refractivity contribution in [1.29, 1.82) is 5.26 Å². The molecule has 0 saturated heterocycles. The summed E-state index contributed by atoms with van der Waals surface area (Å²) in [5.74, 6) is -1.21. The SMILES string of the molecule is CC(=O)N1CCc2c(sc(NC(=O)CSc3cccc(NC(=O)/C(=C\c4ccc(Cl)cc4)NC(=O)c4ccccc4)c3)c2C#N)C1. The highest BCUT2D eigenvalue weighted by atomic mass is 35.5. The minimum atomic E-state index is -0.534. The number of thioether (sulfide) groups is 1. The molecule has 0 radical (unpaired) electrons. The van der Waals surface area contributed by atoms with Crippen molar-refractivity contribution in [1.82, 2.24) is 10.2 Å². The Kier molecular flexibility index (Phi) is 10.5. The molecule has 12 heteroatoms. The number of benzene rings is 3. The summed E-state index contributed by atoms with van der Waals surface area (Å²) in [5, 5.41) is 19.2. The zero-order valence-corrected chi connectivity index (χ0v) is 27.0. The summed E-state index contributed by atoms with van der Waals surface area (Å²) in [4.78, 5) is 54.4. The zero-order valence-electron chi connectivity index (χ0n) is 24.6. The number of nitriles is 1. The van der Waals surface area contributed by atoms with Gasteiger partial charge in [-0.3, -0.25) is 19.2 Å². The van der Waals surface area contributed by atoms with Crippen molar-refractivity contribution < 1.29 is 19.2 Å². The third-order valence-corrected chi connectivity index (χ3v) is 9.42. The van der Waals surface area contributed by atoms with Gasteiger partial charge in [-0.1, -0.05) is 48.0 Å². The second-order valence-corrected chi connectivity index (χ2v) is 12.8. The van der Waals surface area contributed by atoms with Gasteiger partial charge < -0.3 is 20.9 Å². The van der Waals surface area contributed by atoms with Crippen molar-refractivity contribution in [2.24, 2.45) is 0 Å². The zero-order chi connectivity index (χ0) is 32.6. The van der Waals surface area contributed by atoms with Gasteiger partial charge in [0.05, 0.1) is 17.9 Å². The van der Waals surface area contributed by atoms with E-state index in [-0.39, 0.29) is 23.3 Å². The average Bonchev–Trinajstić information content (AvgIpc) is 3.40. The van der Waals surface area contributed by atoms with Gasteiger partial charge in [-0.15, -0.1) is 23.1 Å². The second-order valence-electron chi connectivity index (χ2n) is 10.3. The van der Waals surface area contributed by atoms with E-state index in [2.05, 4.69) is 22.0 Å². The summed E-state index contributed by atoms with van der Waals surface area (Å²) in [6, 6.07) is 24.6. The lowest BCUT2D eigenvalue weighted by Crippen LogP contribution is -2.33. The summed E-state index contributed by atoms with van der Waals surface area (Å²) in [6.07, 6.45) is 2.13. The van der Waals surface area contributed by atoms with Gasteiger partial charge in [0.2, 0.25) is 11.8 Å². The molecule has 3 N–H and O–H groups in total. The maximum Gasteiger partial charge on any atom is 0.272 e. The van der Waals surface area contributed by atoms with E-state index in [4.69, 9.17) is 11.6 Å². The number of carbonyl (C=O) groups excluding carboxylic acids is 4. The third-order valence-electron chi connectivity index (χ3n) is 7.04. The van der Waals surface area contributed by atoms with Crippen LogP contribution in [0.3, 0.4) is 0 Å². The number of anilines is 2. The van der Waals surface area contributed by atoms with Crippen molar-refractivity contribution >= 4 is 75.1 Å². The maximum absolute atomic E-state index is 13.4. The fraction of sp³-hybridized carbons (Fsp3) is 0.147. The van der Waals surface area contributed by atoms with E-state index < -0.39 is 11.8 Å². The summed E-state index contributed by atoms with van der Waals surface area (Å²) in [6.45, 7) is 2.49. The molecule has 4 aromatic rings. The van der Waals surface area contributed by atoms with Crippen molar-refractivity contribution in [3.8, 4) is 6.07 Å². The van der Waals surface area contributed by atoms with Crippen LogP contribution in [0.1, 0.15) is 38.8 Å². The largest absolute Gasteiger partial charge is 0.337 e. The van der Waals surface area contributed by atoms with E-state index in [0.717, 1.165) is 15.3 Å². The Morgan fingerprint density at radius 2 is 1.78 bits per heavy atom. The summed E-state index contributed by atoms with van der Waals surface area (Å²) >= 11 is 8.61. The van der Waals surface area contributed by atoms with Crippen LogP contribution < -0.4 is 16.0 Å². The number of halogens is 1. The molecule has 3 aromatic carbocycles. The van der Waals surface area contributed by atoms with Crippen molar-refractivity contribution in [2.75, 3.05) is 22.9 Å². The van der Waals surface area contributed by atoms with Gasteiger partial charge >= 0.3 is 0 Å². The van der Waals surface area contributed by atoms with Crippen LogP contribution in [0.15, 0.2) is 89.5 Å². The third kappa shape index (κ3) is 8.22. The highest BCUT2D eigenvalue weighted by molar-refractivity contribution is 8.00. The number of amides is 4. The fourth-order valence-corrected chi connectivity index (χ4v) is 6.83. The molecule has 0 saturated carbocycles. The molecule has 0 atom stereocenters. The van der Waals surface area contributed by atoms with Crippen LogP contribution in [0.4, 0.5) is 10.7 Å². The molecule has 1 aromatic heterocycles. The van der Waals surface area contributed by atoms with Crippen LogP contribution in [0.5, 0.6) is 0 Å². The second kappa shape index (κ2) is 14.9. The highest BCUT2D eigenvalue weighted by Crippen LogP contribution is 2.37. The van der Waals surface area contributed by atoms with Gasteiger partial charge in [0.15, 0.2) is 0 Å². The predicted octanol–water partition coefficient (Wildman–Crippen LogP) is 6.32. The Labute approximate surface area is 279 Å². The van der Waals surface area contributed by atoms with Gasteiger partial charge in [0, 0.05) is 39.5 Å². The lowest BCUT2D eigenvalue weighted by molar-refractivity contribution is -0.129. The van der Waals surface area contributed by atoms with Gasteiger partial charge in [0.1, 0.15) is 16.8 Å². The first-order chi connectivity index (χ1) is 22.2. The van der Waals surface area contributed by atoms with E-state index in [0.29, 0.717) is 51.9 Å². The first-order valence-corrected chi connectivity index (χ1v) is 16.4. The molecule has 5 rings (SSSR count). The average molecular weight is 670 g/mol. The van der Waals surface area contributed by atoms with Crippen molar-refractivity contribution in [2.45, 2.75) is 24.8 Å². The van der Waals surface area contributed by atoms with E-state index in [9.17, 15) is 24.4 Å². The summed E-state index contributed by atoms with van der Waals surface area (Å²) < 4.78 is 0. The van der Waals surface area contributed by atoms with Crippen LogP contribution in [-0.4, -0.2) is 40.8 Å². The monoisotopic (exact) mass is 669 g/mol. The Bertz CT molecular complexity index is 1870. The van der Waals surface area contributed by atoms with Crippen LogP contribution in [-0.2, 0) is 27.3 Å². The van der Waals surface area contributed by atoms with Crippen LogP contribution in [0.25, 0.3) is 6.08 Å². The number of hydrogen-bond donors (Lipinski definition) is 3. The molecule has 232 valence electrons. The topological polar surface area (TPSA) is 131 Å². The Morgan fingerprint density at radius 1 is 1.02 bits per heavy atom. The maximum atomic E-state index is 13.4. The molecule has 0 fully saturated rings. The number of rotatable bonds is 9. The molecule has 9 nitrogen and oxygen atoms in total. The lowest BCUT2D eigenvalue weighted by atomic mass is 10.0. The number of fused-ring (bicyclic) bond motifs is 1. The van der Waals surface area contributed by atoms with Gasteiger partial charge in [-0.05, 0) is 66.1 Å². The molecule has 2 heterocycles. The van der Waals surface area contributed by atoms with Gasteiger partial charge in [0.25, 0.3) is 11.8 Å². The van der Waals surface area contributed by atoms with Crippen LogP contribution in [0, 0.1) is 11.3 Å². The minimum Gasteiger partial charge on any atom is -0.337 e. The summed E-state index contributed by atoms with van der Waals surface area (Å²) in [7, 11) is 0. The standard InChI is InChI=1S/C34H28ClN5O4S2/c1-21(41)40-15-14-27-28(18-36)34(46-30(27)19-40)39-31(42)20-45-26-9-5-8-25(17-26)37-33(44)29(16-22-10-12-24(35)13-11-22)38-32(43)23-6-3-2-4-7-23/h2-13,16-17H,14-15,19-20H2,1H3,(H,37,44)(H,38,43)(H,39,42)/b29-16+. The first-order valence-electron chi connectivity index (χ1n) is 14.2. The number of carbonyl (C=O) groups is 4. The molecule has 4 amide bonds. The predicted molar refractivity (Wildman–Crippen MR) is 182 cm³/mol. The van der Waals surface area contributed by atoms with Gasteiger partial charge in [-0.25, -0.2) is 0 Å². The number of nitrogens with one attached hydrogen (secondary N) is 3. The number of nitrogens with zero attached hydrogens (tertiary/aromatic N) is 2. The Balaban J connectivity index is 1.24. The Morgan fingerprint density at radius 3 is 2.50 bits per heavy atom. The molecule has 46 heavy (non-hydrogen) atoms. The molecule has 1 aliphatic heterocycles. The molecular formula is C34H28ClN5O4S2. The van der Waals surface area contributed by atoms with Crippen molar-refractivity contribution in [3.05, 3.63) is 117 Å². The summed E-state index contributed by atoms with van der Waals surface area (Å²) in [5.41, 5.74) is 2.91. The van der Waals surface area contributed by atoms with Crippen LogP contribution >= 0.6 is 34.7 Å². The molecule has 0 spiro atoms. The minimum absolute atomic E-state index is 0.0244. The number of thiophene rings is 1. The molecular weight excluding hydrogens is 642 g/mol. The van der Waals surface area contributed by atoms with E-state index in [1.807, 2.05) is 6.07 Å². The van der Waals surface area contributed by atoms with E-state index in [1.165, 1.54) is 30.0 Å². The Hall–Kier alpha value is -4.89. The molecule has 0 unspecified atom stereocenters. The fourth-order valence-electron chi connectivity index (χ4n) is 4.72.